The highest BCUT2D eigenvalue weighted by Crippen LogP contribution is 2.28. The SMILES string of the molecule is CN(CC(=O)C(C#N)c1nc(-c2ccc(Cl)cc2)cs1)C1CCCCC1. The van der Waals surface area contributed by atoms with Gasteiger partial charge in [-0.05, 0) is 32.0 Å². The Morgan fingerprint density at radius 3 is 2.69 bits per heavy atom. The number of ketones is 1. The zero-order chi connectivity index (χ0) is 18.5. The molecular formula is C20H22ClN3OS. The van der Waals surface area contributed by atoms with E-state index < -0.39 is 5.92 Å². The second kappa shape index (κ2) is 8.77. The zero-order valence-corrected chi connectivity index (χ0v) is 16.4. The molecule has 1 fully saturated rings. The fourth-order valence-corrected chi connectivity index (χ4v) is 4.44. The molecule has 0 saturated heterocycles. The first-order valence-electron chi connectivity index (χ1n) is 8.92. The van der Waals surface area contributed by atoms with Crippen molar-refractivity contribution >= 4 is 28.7 Å². The molecule has 1 saturated carbocycles. The predicted octanol–water partition coefficient (Wildman–Crippen LogP) is 4.90. The number of halogens is 1. The lowest BCUT2D eigenvalue weighted by molar-refractivity contribution is -0.120. The number of aromatic nitrogens is 1. The molecule has 2 aromatic rings. The zero-order valence-electron chi connectivity index (χ0n) is 14.8. The van der Waals surface area contributed by atoms with Crippen LogP contribution in [0.3, 0.4) is 0 Å². The summed E-state index contributed by atoms with van der Waals surface area (Å²) in [5, 5.41) is 12.7. The van der Waals surface area contributed by atoms with Crippen LogP contribution in [0.4, 0.5) is 0 Å². The predicted molar refractivity (Wildman–Crippen MR) is 105 cm³/mol. The van der Waals surface area contributed by atoms with E-state index in [1.165, 1.54) is 30.6 Å². The Hall–Kier alpha value is -1.74. The summed E-state index contributed by atoms with van der Waals surface area (Å²) in [7, 11) is 1.99. The van der Waals surface area contributed by atoms with Gasteiger partial charge in [0.2, 0.25) is 0 Å². The standard InChI is InChI=1S/C20H22ClN3OS/c1-24(16-5-3-2-4-6-16)12-19(25)17(11-22)20-23-18(13-26-20)14-7-9-15(21)10-8-14/h7-10,13,16-17H,2-6,12H2,1H3. The van der Waals surface area contributed by atoms with Gasteiger partial charge in [-0.3, -0.25) is 9.69 Å². The van der Waals surface area contributed by atoms with Gasteiger partial charge in [-0.25, -0.2) is 4.98 Å². The normalized spacial score (nSPS) is 16.4. The minimum Gasteiger partial charge on any atom is -0.296 e. The smallest absolute Gasteiger partial charge is 0.170 e. The molecule has 0 aliphatic heterocycles. The molecular weight excluding hydrogens is 366 g/mol. The number of hydrogen-bond acceptors (Lipinski definition) is 5. The van der Waals surface area contributed by atoms with E-state index in [0.29, 0.717) is 22.6 Å². The third-order valence-corrected chi connectivity index (χ3v) is 6.12. The Balaban J connectivity index is 1.69. The Morgan fingerprint density at radius 1 is 1.35 bits per heavy atom. The molecule has 1 unspecified atom stereocenters. The molecule has 1 aromatic carbocycles. The second-order valence-corrected chi connectivity index (χ2v) is 8.14. The Kier molecular flexibility index (Phi) is 6.42. The number of likely N-dealkylation sites (N-methyl/N-ethyl adjacent to an activating group) is 1. The lowest BCUT2D eigenvalue weighted by atomic mass is 9.94. The third kappa shape index (κ3) is 4.50. The van der Waals surface area contributed by atoms with E-state index >= 15 is 0 Å². The molecule has 1 aliphatic carbocycles. The quantitative estimate of drug-likeness (QED) is 0.707. The van der Waals surface area contributed by atoms with Crippen LogP contribution in [0.15, 0.2) is 29.6 Å². The van der Waals surface area contributed by atoms with E-state index in [9.17, 15) is 10.1 Å². The van der Waals surface area contributed by atoms with Gasteiger partial charge in [-0.1, -0.05) is 43.0 Å². The number of carbonyl (C=O) groups is 1. The van der Waals surface area contributed by atoms with Crippen LogP contribution in [0.1, 0.15) is 43.0 Å². The van der Waals surface area contributed by atoms with E-state index in [-0.39, 0.29) is 5.78 Å². The highest BCUT2D eigenvalue weighted by atomic mass is 35.5. The van der Waals surface area contributed by atoms with Crippen molar-refractivity contribution in [2.75, 3.05) is 13.6 Å². The van der Waals surface area contributed by atoms with Crippen LogP contribution in [0.25, 0.3) is 11.3 Å². The highest BCUT2D eigenvalue weighted by molar-refractivity contribution is 7.10. The van der Waals surface area contributed by atoms with Gasteiger partial charge in [-0.15, -0.1) is 11.3 Å². The van der Waals surface area contributed by atoms with Crippen LogP contribution in [0.5, 0.6) is 0 Å². The van der Waals surface area contributed by atoms with Gasteiger partial charge in [0.1, 0.15) is 5.01 Å². The van der Waals surface area contributed by atoms with Gasteiger partial charge in [0, 0.05) is 22.0 Å². The van der Waals surface area contributed by atoms with Crippen molar-refractivity contribution in [2.45, 2.75) is 44.1 Å². The molecule has 1 atom stereocenters. The lowest BCUT2D eigenvalue weighted by Crippen LogP contribution is -2.38. The summed E-state index contributed by atoms with van der Waals surface area (Å²) in [6, 6.07) is 10.00. The highest BCUT2D eigenvalue weighted by Gasteiger charge is 2.27. The maximum atomic E-state index is 12.7. The summed E-state index contributed by atoms with van der Waals surface area (Å²) in [6.07, 6.45) is 6.01. The first kappa shape index (κ1) is 19.0. The number of thiazole rings is 1. The molecule has 6 heteroatoms. The fourth-order valence-electron chi connectivity index (χ4n) is 3.43. The summed E-state index contributed by atoms with van der Waals surface area (Å²) in [5.74, 6) is -0.871. The number of hydrogen-bond donors (Lipinski definition) is 0. The van der Waals surface area contributed by atoms with E-state index in [1.54, 1.807) is 0 Å². The topological polar surface area (TPSA) is 57.0 Å². The molecule has 26 heavy (non-hydrogen) atoms. The van der Waals surface area contributed by atoms with Gasteiger partial charge in [0.05, 0.1) is 18.3 Å². The average molecular weight is 388 g/mol. The van der Waals surface area contributed by atoms with Crippen molar-refractivity contribution in [1.29, 1.82) is 5.26 Å². The van der Waals surface area contributed by atoms with Gasteiger partial charge in [-0.2, -0.15) is 5.26 Å². The largest absolute Gasteiger partial charge is 0.296 e. The van der Waals surface area contributed by atoms with Crippen LogP contribution in [-0.2, 0) is 4.79 Å². The molecule has 1 aromatic heterocycles. The van der Waals surface area contributed by atoms with Crippen LogP contribution in [0, 0.1) is 11.3 Å². The van der Waals surface area contributed by atoms with E-state index in [1.807, 2.05) is 36.7 Å². The number of rotatable bonds is 6. The summed E-state index contributed by atoms with van der Waals surface area (Å²) >= 11 is 7.29. The van der Waals surface area contributed by atoms with Gasteiger partial charge >= 0.3 is 0 Å². The molecule has 1 aliphatic rings. The number of carbonyl (C=O) groups excluding carboxylic acids is 1. The van der Waals surface area contributed by atoms with Gasteiger partial charge < -0.3 is 0 Å². The molecule has 0 N–H and O–H groups in total. The average Bonchev–Trinajstić information content (AvgIpc) is 3.13. The van der Waals surface area contributed by atoms with Crippen molar-refractivity contribution in [2.24, 2.45) is 0 Å². The Labute approximate surface area is 163 Å². The molecule has 4 nitrogen and oxygen atoms in total. The monoisotopic (exact) mass is 387 g/mol. The van der Waals surface area contributed by atoms with E-state index in [2.05, 4.69) is 16.0 Å². The van der Waals surface area contributed by atoms with Crippen LogP contribution in [-0.4, -0.2) is 35.3 Å². The van der Waals surface area contributed by atoms with Crippen molar-refractivity contribution in [3.05, 3.63) is 39.7 Å². The first-order chi connectivity index (χ1) is 12.6. The van der Waals surface area contributed by atoms with Gasteiger partial charge in [0.15, 0.2) is 11.7 Å². The van der Waals surface area contributed by atoms with Crippen LogP contribution < -0.4 is 0 Å². The molecule has 136 valence electrons. The Morgan fingerprint density at radius 2 is 2.04 bits per heavy atom. The number of nitrogens with zero attached hydrogens (tertiary/aromatic N) is 3. The molecule has 3 rings (SSSR count). The lowest BCUT2D eigenvalue weighted by Gasteiger charge is -2.30. The minimum absolute atomic E-state index is 0.0717. The Bertz CT molecular complexity index is 790. The van der Waals surface area contributed by atoms with E-state index in [4.69, 9.17) is 11.6 Å². The maximum Gasteiger partial charge on any atom is 0.170 e. The first-order valence-corrected chi connectivity index (χ1v) is 10.2. The van der Waals surface area contributed by atoms with Crippen molar-refractivity contribution in [3.8, 4) is 17.3 Å². The summed E-state index contributed by atoms with van der Waals surface area (Å²) < 4.78 is 0. The molecule has 0 bridgehead atoms. The van der Waals surface area contributed by atoms with Crippen molar-refractivity contribution in [1.82, 2.24) is 9.88 Å². The molecule has 1 heterocycles. The van der Waals surface area contributed by atoms with Gasteiger partial charge in [0.25, 0.3) is 0 Å². The van der Waals surface area contributed by atoms with Crippen LogP contribution in [0.2, 0.25) is 5.02 Å². The molecule has 0 spiro atoms. The molecule has 0 amide bonds. The fraction of sp³-hybridized carbons (Fsp3) is 0.450. The van der Waals surface area contributed by atoms with E-state index in [0.717, 1.165) is 24.1 Å². The second-order valence-electron chi connectivity index (χ2n) is 6.81. The minimum atomic E-state index is -0.799. The molecule has 0 radical (unpaired) electrons. The number of Topliss-reactive ketones (excluding diaryl/α,β-unsaturated/α-hetero) is 1. The summed E-state index contributed by atoms with van der Waals surface area (Å²) in [4.78, 5) is 19.3. The number of benzene rings is 1. The maximum absolute atomic E-state index is 12.7. The van der Waals surface area contributed by atoms with Crippen molar-refractivity contribution in [3.63, 3.8) is 0 Å². The third-order valence-electron chi connectivity index (χ3n) is 4.96. The summed E-state index contributed by atoms with van der Waals surface area (Å²) in [5.41, 5.74) is 1.70. The number of nitriles is 1. The van der Waals surface area contributed by atoms with Crippen molar-refractivity contribution < 1.29 is 4.79 Å². The van der Waals surface area contributed by atoms with Crippen LogP contribution >= 0.6 is 22.9 Å². The summed E-state index contributed by atoms with van der Waals surface area (Å²) in [6.45, 7) is 0.304.